The lowest BCUT2D eigenvalue weighted by molar-refractivity contribution is -0.122. The third-order valence-corrected chi connectivity index (χ3v) is 4.55. The molecule has 1 aliphatic rings. The Morgan fingerprint density at radius 3 is 2.74 bits per heavy atom. The minimum atomic E-state index is -3.68. The second-order valence-corrected chi connectivity index (χ2v) is 6.29. The number of nitrogens with one attached hydrogen (secondary N) is 2. The molecule has 0 aliphatic carbocycles. The van der Waals surface area contributed by atoms with Crippen LogP contribution in [-0.2, 0) is 14.8 Å². The van der Waals surface area contributed by atoms with Gasteiger partial charge in [-0.1, -0.05) is 0 Å². The predicted octanol–water partition coefficient (Wildman–Crippen LogP) is 0.691. The average Bonchev–Trinajstić information content (AvgIpc) is 2.35. The number of rotatable bonds is 3. The molecule has 0 saturated carbocycles. The van der Waals surface area contributed by atoms with E-state index >= 15 is 0 Å². The van der Waals surface area contributed by atoms with Gasteiger partial charge in [-0.25, -0.2) is 17.5 Å². The summed E-state index contributed by atoms with van der Waals surface area (Å²) in [6, 6.07) is 3.32. The van der Waals surface area contributed by atoms with Crippen molar-refractivity contribution in [3.8, 4) is 0 Å². The molecule has 19 heavy (non-hydrogen) atoms. The summed E-state index contributed by atoms with van der Waals surface area (Å²) in [6.45, 7) is 1.79. The molecule has 104 valence electrons. The Bertz CT molecular complexity index is 591. The van der Waals surface area contributed by atoms with Crippen molar-refractivity contribution in [1.29, 1.82) is 0 Å². The molecule has 5 nitrogen and oxygen atoms in total. The Labute approximate surface area is 111 Å². The van der Waals surface area contributed by atoms with Crippen molar-refractivity contribution in [3.05, 3.63) is 29.6 Å². The van der Waals surface area contributed by atoms with Gasteiger partial charge in [0.25, 0.3) is 0 Å². The zero-order valence-electron chi connectivity index (χ0n) is 10.4. The van der Waals surface area contributed by atoms with Crippen molar-refractivity contribution >= 4 is 15.9 Å². The number of carbonyl (C=O) groups excluding carboxylic acids is 1. The number of aryl methyl sites for hydroxylation is 1. The maximum atomic E-state index is 13.1. The SMILES string of the molecule is Cc1cc(S(=O)(=O)NC2CCC(=O)NC2)ccc1F. The highest BCUT2D eigenvalue weighted by Crippen LogP contribution is 2.15. The van der Waals surface area contributed by atoms with E-state index in [9.17, 15) is 17.6 Å². The Kier molecular flexibility index (Phi) is 3.86. The van der Waals surface area contributed by atoms with Gasteiger partial charge < -0.3 is 5.32 Å². The highest BCUT2D eigenvalue weighted by Gasteiger charge is 2.24. The van der Waals surface area contributed by atoms with Gasteiger partial charge in [-0.05, 0) is 37.1 Å². The van der Waals surface area contributed by atoms with Crippen molar-refractivity contribution < 1.29 is 17.6 Å². The normalized spacial score (nSPS) is 20.1. The maximum Gasteiger partial charge on any atom is 0.240 e. The molecular weight excluding hydrogens is 271 g/mol. The number of sulfonamides is 1. The van der Waals surface area contributed by atoms with Gasteiger partial charge in [0.2, 0.25) is 15.9 Å². The van der Waals surface area contributed by atoms with Crippen molar-refractivity contribution in [3.63, 3.8) is 0 Å². The van der Waals surface area contributed by atoms with Crippen LogP contribution < -0.4 is 10.0 Å². The molecule has 2 rings (SSSR count). The molecule has 1 aliphatic heterocycles. The van der Waals surface area contributed by atoms with Crippen molar-refractivity contribution in [1.82, 2.24) is 10.0 Å². The maximum absolute atomic E-state index is 13.1. The summed E-state index contributed by atoms with van der Waals surface area (Å²) in [5.74, 6) is -0.517. The molecule has 1 heterocycles. The van der Waals surface area contributed by atoms with Gasteiger partial charge in [0, 0.05) is 19.0 Å². The van der Waals surface area contributed by atoms with E-state index in [1.807, 2.05) is 0 Å². The molecule has 0 radical (unpaired) electrons. The highest BCUT2D eigenvalue weighted by molar-refractivity contribution is 7.89. The number of halogens is 1. The van der Waals surface area contributed by atoms with E-state index in [0.717, 1.165) is 6.07 Å². The first kappa shape index (κ1) is 14.0. The van der Waals surface area contributed by atoms with Crippen LogP contribution in [0, 0.1) is 12.7 Å². The summed E-state index contributed by atoms with van der Waals surface area (Å²) in [7, 11) is -3.68. The number of benzene rings is 1. The van der Waals surface area contributed by atoms with Crippen LogP contribution in [0.3, 0.4) is 0 Å². The monoisotopic (exact) mass is 286 g/mol. The molecule has 1 atom stereocenters. The van der Waals surface area contributed by atoms with Crippen LogP contribution in [0.2, 0.25) is 0 Å². The first-order chi connectivity index (χ1) is 8.88. The predicted molar refractivity (Wildman–Crippen MR) is 67.5 cm³/mol. The first-order valence-electron chi connectivity index (χ1n) is 5.94. The van der Waals surface area contributed by atoms with E-state index in [4.69, 9.17) is 0 Å². The van der Waals surface area contributed by atoms with Gasteiger partial charge in [-0.3, -0.25) is 4.79 Å². The quantitative estimate of drug-likeness (QED) is 0.858. The van der Waals surface area contributed by atoms with Gasteiger partial charge in [0.15, 0.2) is 0 Å². The lowest BCUT2D eigenvalue weighted by Crippen LogP contribution is -2.47. The summed E-state index contributed by atoms with van der Waals surface area (Å²) in [6.07, 6.45) is 0.765. The summed E-state index contributed by atoms with van der Waals surface area (Å²) in [4.78, 5) is 11.0. The Morgan fingerprint density at radius 1 is 1.42 bits per heavy atom. The second-order valence-electron chi connectivity index (χ2n) is 4.57. The van der Waals surface area contributed by atoms with E-state index in [1.54, 1.807) is 0 Å². The molecule has 0 spiro atoms. The number of carbonyl (C=O) groups is 1. The second kappa shape index (κ2) is 5.26. The zero-order valence-corrected chi connectivity index (χ0v) is 11.3. The third kappa shape index (κ3) is 3.30. The highest BCUT2D eigenvalue weighted by atomic mass is 32.2. The smallest absolute Gasteiger partial charge is 0.240 e. The molecule has 0 bridgehead atoms. The van der Waals surface area contributed by atoms with E-state index in [0.29, 0.717) is 12.8 Å². The Morgan fingerprint density at radius 2 is 2.16 bits per heavy atom. The molecule has 1 aromatic rings. The summed E-state index contributed by atoms with van der Waals surface area (Å²) in [5.41, 5.74) is 0.278. The number of hydrogen-bond acceptors (Lipinski definition) is 3. The van der Waals surface area contributed by atoms with Gasteiger partial charge in [-0.15, -0.1) is 0 Å². The van der Waals surface area contributed by atoms with Gasteiger partial charge >= 0.3 is 0 Å². The fourth-order valence-electron chi connectivity index (χ4n) is 1.91. The topological polar surface area (TPSA) is 75.3 Å². The number of hydrogen-bond donors (Lipinski definition) is 2. The Hall–Kier alpha value is -1.47. The first-order valence-corrected chi connectivity index (χ1v) is 7.42. The zero-order chi connectivity index (χ0) is 14.0. The molecule has 1 fully saturated rings. The number of amides is 1. The average molecular weight is 286 g/mol. The van der Waals surface area contributed by atoms with Crippen LogP contribution in [0.5, 0.6) is 0 Å². The van der Waals surface area contributed by atoms with Crippen LogP contribution in [0.25, 0.3) is 0 Å². The van der Waals surface area contributed by atoms with E-state index < -0.39 is 15.8 Å². The van der Waals surface area contributed by atoms with Gasteiger partial charge in [-0.2, -0.15) is 0 Å². The minimum Gasteiger partial charge on any atom is -0.355 e. The van der Waals surface area contributed by atoms with Crippen molar-refractivity contribution in [2.75, 3.05) is 6.54 Å². The van der Waals surface area contributed by atoms with Crippen LogP contribution in [0.15, 0.2) is 23.1 Å². The Balaban J connectivity index is 2.13. The molecular formula is C12H15FN2O3S. The third-order valence-electron chi connectivity index (χ3n) is 3.03. The molecule has 1 saturated heterocycles. The van der Waals surface area contributed by atoms with Crippen LogP contribution >= 0.6 is 0 Å². The lowest BCUT2D eigenvalue weighted by atomic mass is 10.1. The molecule has 2 N–H and O–H groups in total. The van der Waals surface area contributed by atoms with Crippen LogP contribution in [-0.4, -0.2) is 26.9 Å². The standard InChI is InChI=1S/C12H15FN2O3S/c1-8-6-10(3-4-11(8)13)19(17,18)15-9-2-5-12(16)14-7-9/h3-4,6,9,15H,2,5,7H2,1H3,(H,14,16). The minimum absolute atomic E-state index is 0.0308. The number of piperidine rings is 1. The van der Waals surface area contributed by atoms with E-state index in [1.165, 1.54) is 19.1 Å². The fourth-order valence-corrected chi connectivity index (χ4v) is 3.26. The van der Waals surface area contributed by atoms with Gasteiger partial charge in [0.1, 0.15) is 5.82 Å². The fraction of sp³-hybridized carbons (Fsp3) is 0.417. The van der Waals surface area contributed by atoms with Crippen molar-refractivity contribution in [2.24, 2.45) is 0 Å². The molecule has 1 aromatic carbocycles. The molecule has 0 aromatic heterocycles. The lowest BCUT2D eigenvalue weighted by Gasteiger charge is -2.23. The van der Waals surface area contributed by atoms with Crippen LogP contribution in [0.1, 0.15) is 18.4 Å². The molecule has 1 amide bonds. The summed E-state index contributed by atoms with van der Waals surface area (Å²) in [5, 5.41) is 2.60. The van der Waals surface area contributed by atoms with Crippen molar-refractivity contribution in [2.45, 2.75) is 30.7 Å². The van der Waals surface area contributed by atoms with Gasteiger partial charge in [0.05, 0.1) is 4.90 Å². The summed E-state index contributed by atoms with van der Waals surface area (Å²) >= 11 is 0. The van der Waals surface area contributed by atoms with Crippen LogP contribution in [0.4, 0.5) is 4.39 Å². The largest absolute Gasteiger partial charge is 0.355 e. The summed E-state index contributed by atoms with van der Waals surface area (Å²) < 4.78 is 39.8. The van der Waals surface area contributed by atoms with E-state index in [-0.39, 0.29) is 29.0 Å². The van der Waals surface area contributed by atoms with E-state index in [2.05, 4.69) is 10.0 Å². The molecule has 1 unspecified atom stereocenters. The molecule has 7 heteroatoms.